The van der Waals surface area contributed by atoms with Crippen LogP contribution in [0.4, 0.5) is 10.2 Å². The molecule has 4 atom stereocenters. The lowest BCUT2D eigenvalue weighted by Crippen LogP contribution is -2.62. The van der Waals surface area contributed by atoms with Crippen molar-refractivity contribution in [2.24, 2.45) is 7.05 Å². The largest absolute Gasteiger partial charge is 0.507 e. The summed E-state index contributed by atoms with van der Waals surface area (Å²) < 4.78 is 15.4. The minimum absolute atomic E-state index is 0.00329. The van der Waals surface area contributed by atoms with Gasteiger partial charge in [-0.05, 0) is 49.5 Å². The van der Waals surface area contributed by atoms with Crippen LogP contribution in [0.5, 0.6) is 5.75 Å². The third-order valence-corrected chi connectivity index (χ3v) is 6.91. The van der Waals surface area contributed by atoms with Crippen LogP contribution in [0.1, 0.15) is 38.5 Å². The van der Waals surface area contributed by atoms with Crippen molar-refractivity contribution in [2.45, 2.75) is 68.9 Å². The second-order valence-electron chi connectivity index (χ2n) is 9.26. The quantitative estimate of drug-likeness (QED) is 0.601. The van der Waals surface area contributed by atoms with Crippen LogP contribution in [0.3, 0.4) is 0 Å². The van der Waals surface area contributed by atoms with E-state index < -0.39 is 6.17 Å². The fraction of sp³-hybridized carbons (Fsp3) is 0.545. The van der Waals surface area contributed by atoms with Crippen molar-refractivity contribution in [3.05, 3.63) is 24.4 Å². The van der Waals surface area contributed by atoms with Gasteiger partial charge in [-0.2, -0.15) is 4.80 Å². The van der Waals surface area contributed by atoms with Gasteiger partial charge in [-0.1, -0.05) is 12.5 Å². The van der Waals surface area contributed by atoms with E-state index in [9.17, 15) is 5.11 Å². The number of nitrogens with one attached hydrogen (secondary N) is 1. The number of aromatic hydroxyl groups is 1. The molecule has 11 heteroatoms. The van der Waals surface area contributed by atoms with E-state index in [4.69, 9.17) is 0 Å². The number of aromatic nitrogens is 7. The molecular formula is C22H26FN9O. The Labute approximate surface area is 190 Å². The number of aryl methyl sites for hydroxylation is 1. The summed E-state index contributed by atoms with van der Waals surface area (Å²) in [5, 5.41) is 34.7. The Bertz CT molecular complexity index is 1150. The Balaban J connectivity index is 1.26. The number of anilines is 1. The molecule has 2 saturated heterocycles. The molecule has 4 heterocycles. The van der Waals surface area contributed by atoms with Crippen LogP contribution in [0.2, 0.25) is 0 Å². The molecule has 1 aromatic carbocycles. The predicted molar refractivity (Wildman–Crippen MR) is 118 cm³/mol. The first kappa shape index (κ1) is 20.4. The van der Waals surface area contributed by atoms with Crippen LogP contribution in [-0.2, 0) is 7.05 Å². The zero-order chi connectivity index (χ0) is 22.5. The number of halogens is 1. The van der Waals surface area contributed by atoms with Gasteiger partial charge in [0.15, 0.2) is 11.6 Å². The van der Waals surface area contributed by atoms with Crippen molar-refractivity contribution in [3.8, 4) is 28.5 Å². The monoisotopic (exact) mass is 451 g/mol. The summed E-state index contributed by atoms with van der Waals surface area (Å²) in [6, 6.07) is 5.42. The molecule has 3 aromatic rings. The summed E-state index contributed by atoms with van der Waals surface area (Å²) in [6.45, 7) is 0. The van der Waals surface area contributed by atoms with E-state index in [2.05, 4.69) is 40.8 Å². The maximum absolute atomic E-state index is 15.4. The SMILES string of the molecule is Cn1nnc(-c2ccc(-c3ncc(N(C4CC4)[C@@H]4C[C@@H]5CCC[C@@H](N5)[C@@H]4F)nn3)c(O)c2)n1. The summed E-state index contributed by atoms with van der Waals surface area (Å²) in [4.78, 5) is 7.95. The fourth-order valence-corrected chi connectivity index (χ4v) is 5.20. The lowest BCUT2D eigenvalue weighted by Gasteiger charge is -2.47. The molecule has 2 N–H and O–H groups in total. The fourth-order valence-electron chi connectivity index (χ4n) is 5.20. The van der Waals surface area contributed by atoms with Crippen molar-refractivity contribution < 1.29 is 9.50 Å². The van der Waals surface area contributed by atoms with Gasteiger partial charge in [0.05, 0.1) is 24.8 Å². The molecule has 0 spiro atoms. The molecule has 2 bridgehead atoms. The van der Waals surface area contributed by atoms with Gasteiger partial charge >= 0.3 is 0 Å². The number of hydrogen-bond donors (Lipinski definition) is 2. The zero-order valence-corrected chi connectivity index (χ0v) is 18.3. The second kappa shape index (κ2) is 7.98. The van der Waals surface area contributed by atoms with Crippen molar-refractivity contribution in [2.75, 3.05) is 4.90 Å². The first-order chi connectivity index (χ1) is 16.1. The van der Waals surface area contributed by atoms with Crippen LogP contribution >= 0.6 is 0 Å². The molecule has 3 aliphatic rings. The Morgan fingerprint density at radius 1 is 1.12 bits per heavy atom. The van der Waals surface area contributed by atoms with E-state index in [1.807, 2.05) is 0 Å². The lowest BCUT2D eigenvalue weighted by atomic mass is 9.82. The van der Waals surface area contributed by atoms with E-state index in [-0.39, 0.29) is 17.8 Å². The predicted octanol–water partition coefficient (Wildman–Crippen LogP) is 2.02. The number of rotatable bonds is 5. The third-order valence-electron chi connectivity index (χ3n) is 6.91. The zero-order valence-electron chi connectivity index (χ0n) is 18.3. The van der Waals surface area contributed by atoms with Crippen LogP contribution in [0.25, 0.3) is 22.8 Å². The molecule has 2 aliphatic heterocycles. The maximum atomic E-state index is 15.4. The number of phenolic OH excluding ortho intramolecular Hbond substituents is 1. The molecule has 3 fully saturated rings. The average Bonchev–Trinajstić information content (AvgIpc) is 3.57. The molecule has 6 rings (SSSR count). The van der Waals surface area contributed by atoms with Crippen molar-refractivity contribution in [1.29, 1.82) is 0 Å². The summed E-state index contributed by atoms with van der Waals surface area (Å²) >= 11 is 0. The highest BCUT2D eigenvalue weighted by Gasteiger charge is 2.46. The van der Waals surface area contributed by atoms with E-state index in [0.29, 0.717) is 40.7 Å². The van der Waals surface area contributed by atoms with Gasteiger partial charge in [-0.25, -0.2) is 9.37 Å². The average molecular weight is 452 g/mol. The highest BCUT2D eigenvalue weighted by Crippen LogP contribution is 2.39. The number of tetrazole rings is 1. The number of nitrogens with zero attached hydrogens (tertiary/aromatic N) is 8. The normalized spacial score (nSPS) is 26.8. The summed E-state index contributed by atoms with van der Waals surface area (Å²) in [7, 11) is 1.68. The summed E-state index contributed by atoms with van der Waals surface area (Å²) in [6.07, 6.45) is 6.63. The molecule has 33 heavy (non-hydrogen) atoms. The number of phenols is 1. The molecule has 1 aliphatic carbocycles. The third kappa shape index (κ3) is 3.79. The van der Waals surface area contributed by atoms with Gasteiger partial charge in [-0.15, -0.1) is 20.4 Å². The molecular weight excluding hydrogens is 425 g/mol. The number of alkyl halides is 1. The van der Waals surface area contributed by atoms with Crippen molar-refractivity contribution in [3.63, 3.8) is 0 Å². The highest BCUT2D eigenvalue weighted by molar-refractivity contribution is 5.70. The first-order valence-electron chi connectivity index (χ1n) is 11.5. The maximum Gasteiger partial charge on any atom is 0.205 e. The Morgan fingerprint density at radius 2 is 2.00 bits per heavy atom. The van der Waals surface area contributed by atoms with Crippen LogP contribution in [-0.4, -0.2) is 70.8 Å². The summed E-state index contributed by atoms with van der Waals surface area (Å²) in [5.74, 6) is 1.34. The molecule has 2 aromatic heterocycles. The molecule has 172 valence electrons. The summed E-state index contributed by atoms with van der Waals surface area (Å²) in [5.41, 5.74) is 1.10. The van der Waals surface area contributed by atoms with Gasteiger partial charge in [0.2, 0.25) is 5.82 Å². The molecule has 10 nitrogen and oxygen atoms in total. The molecule has 0 radical (unpaired) electrons. The first-order valence-corrected chi connectivity index (χ1v) is 11.5. The van der Waals surface area contributed by atoms with Crippen LogP contribution in [0.15, 0.2) is 24.4 Å². The van der Waals surface area contributed by atoms with Crippen molar-refractivity contribution in [1.82, 2.24) is 40.7 Å². The van der Waals surface area contributed by atoms with Gasteiger partial charge in [-0.3, -0.25) is 0 Å². The van der Waals surface area contributed by atoms with Crippen LogP contribution in [0, 0.1) is 0 Å². The molecule has 0 unspecified atom stereocenters. The van der Waals surface area contributed by atoms with Gasteiger partial charge in [0.1, 0.15) is 11.9 Å². The second-order valence-corrected chi connectivity index (χ2v) is 9.26. The topological polar surface area (TPSA) is 118 Å². The minimum atomic E-state index is -0.935. The van der Waals surface area contributed by atoms with Crippen LogP contribution < -0.4 is 10.2 Å². The standard InChI is InChI=1S/C22H26FN9O/c1-31-29-21(28-30-31)12-5-8-15(18(33)9-12)22-24-11-19(26-27-22)32(14-6-7-14)17-10-13-3-2-4-16(25-13)20(17)23/h5,8-9,11,13-14,16-17,20,25,33H,2-4,6-7,10H2,1H3/t13-,16+,17+,20-/m0/s1. The lowest BCUT2D eigenvalue weighted by molar-refractivity contribution is 0.104. The van der Waals surface area contributed by atoms with E-state index >= 15 is 4.39 Å². The Kier molecular flexibility index (Phi) is 4.93. The number of benzene rings is 1. The van der Waals surface area contributed by atoms with Gasteiger partial charge < -0.3 is 15.3 Å². The molecule has 0 amide bonds. The molecule has 1 saturated carbocycles. The van der Waals surface area contributed by atoms with Gasteiger partial charge in [0.25, 0.3) is 0 Å². The highest BCUT2D eigenvalue weighted by atomic mass is 19.1. The van der Waals surface area contributed by atoms with E-state index in [1.165, 1.54) is 4.80 Å². The Morgan fingerprint density at radius 3 is 2.70 bits per heavy atom. The number of hydrogen-bond acceptors (Lipinski definition) is 9. The van der Waals surface area contributed by atoms with E-state index in [1.54, 1.807) is 31.4 Å². The van der Waals surface area contributed by atoms with Crippen molar-refractivity contribution >= 4 is 5.82 Å². The van der Waals surface area contributed by atoms with Gasteiger partial charge in [0, 0.05) is 23.7 Å². The minimum Gasteiger partial charge on any atom is -0.507 e. The van der Waals surface area contributed by atoms with E-state index in [0.717, 1.165) is 38.5 Å². The Hall–Kier alpha value is -3.21. The number of piperidine rings is 2. The smallest absolute Gasteiger partial charge is 0.205 e. The number of fused-ring (bicyclic) bond motifs is 2.